The molecule has 2 N–H and O–H groups in total. The third kappa shape index (κ3) is 7.39. The first-order chi connectivity index (χ1) is 12.3. The van der Waals surface area contributed by atoms with Crippen molar-refractivity contribution in [1.29, 1.82) is 0 Å². The topological polar surface area (TPSA) is 84.5 Å². The van der Waals surface area contributed by atoms with Gasteiger partial charge < -0.3 is 15.4 Å². The summed E-state index contributed by atoms with van der Waals surface area (Å²) in [7, 11) is 0. The standard InChI is InChI=1S/C19H26Cl2N2O4/c1-10(2)15(18(26)27-11(3)16(24)23-19(4,5)6)22-17(25)13-8-7-12(20)9-14(13)21/h7-11,15H,1-6H3,(H,22,25)(H,23,24)/t11-,15+/m1/s1. The van der Waals surface area contributed by atoms with Crippen LogP contribution in [0.2, 0.25) is 10.0 Å². The highest BCUT2D eigenvalue weighted by atomic mass is 35.5. The van der Waals surface area contributed by atoms with E-state index in [1.54, 1.807) is 13.8 Å². The quantitative estimate of drug-likeness (QED) is 0.693. The number of carbonyl (C=O) groups is 3. The zero-order valence-corrected chi connectivity index (χ0v) is 17.9. The molecule has 0 unspecified atom stereocenters. The molecule has 0 saturated heterocycles. The summed E-state index contributed by atoms with van der Waals surface area (Å²) in [6.07, 6.45) is -0.992. The number of rotatable bonds is 6. The monoisotopic (exact) mass is 416 g/mol. The second-order valence-corrected chi connectivity index (χ2v) is 8.48. The Morgan fingerprint density at radius 3 is 2.15 bits per heavy atom. The van der Waals surface area contributed by atoms with Gasteiger partial charge in [0, 0.05) is 10.6 Å². The fourth-order valence-electron chi connectivity index (χ4n) is 2.16. The molecule has 0 heterocycles. The number of nitrogens with one attached hydrogen (secondary N) is 2. The van der Waals surface area contributed by atoms with E-state index in [1.807, 2.05) is 20.8 Å². The first kappa shape index (κ1) is 23.2. The van der Waals surface area contributed by atoms with Crippen LogP contribution in [0.3, 0.4) is 0 Å². The molecule has 150 valence electrons. The summed E-state index contributed by atoms with van der Waals surface area (Å²) in [5, 5.41) is 5.92. The number of carbonyl (C=O) groups excluding carboxylic acids is 3. The van der Waals surface area contributed by atoms with Crippen LogP contribution in [0.4, 0.5) is 0 Å². The molecule has 0 aliphatic heterocycles. The molecule has 1 rings (SSSR count). The number of ether oxygens (including phenoxy) is 1. The van der Waals surface area contributed by atoms with Gasteiger partial charge >= 0.3 is 5.97 Å². The zero-order valence-electron chi connectivity index (χ0n) is 16.4. The van der Waals surface area contributed by atoms with Crippen molar-refractivity contribution in [2.45, 2.75) is 59.2 Å². The van der Waals surface area contributed by atoms with Crippen LogP contribution in [-0.2, 0) is 14.3 Å². The normalized spacial score (nSPS) is 13.7. The van der Waals surface area contributed by atoms with Gasteiger partial charge in [-0.15, -0.1) is 0 Å². The van der Waals surface area contributed by atoms with E-state index in [4.69, 9.17) is 27.9 Å². The maximum absolute atomic E-state index is 12.5. The van der Waals surface area contributed by atoms with Crippen molar-refractivity contribution in [1.82, 2.24) is 10.6 Å². The molecular weight excluding hydrogens is 391 g/mol. The van der Waals surface area contributed by atoms with Gasteiger partial charge in [-0.05, 0) is 51.8 Å². The molecule has 27 heavy (non-hydrogen) atoms. The second-order valence-electron chi connectivity index (χ2n) is 7.64. The maximum atomic E-state index is 12.5. The second kappa shape index (κ2) is 9.42. The number of benzene rings is 1. The van der Waals surface area contributed by atoms with Gasteiger partial charge in [-0.25, -0.2) is 4.79 Å². The molecule has 0 aliphatic carbocycles. The highest BCUT2D eigenvalue weighted by Gasteiger charge is 2.30. The Balaban J connectivity index is 2.84. The van der Waals surface area contributed by atoms with Gasteiger partial charge in [0.15, 0.2) is 6.10 Å². The minimum atomic E-state index is -0.992. The Morgan fingerprint density at radius 1 is 1.07 bits per heavy atom. The number of hydrogen-bond donors (Lipinski definition) is 2. The fourth-order valence-corrected chi connectivity index (χ4v) is 2.66. The van der Waals surface area contributed by atoms with E-state index in [1.165, 1.54) is 25.1 Å². The lowest BCUT2D eigenvalue weighted by Gasteiger charge is -2.26. The molecule has 2 atom stereocenters. The van der Waals surface area contributed by atoms with Crippen LogP contribution < -0.4 is 10.6 Å². The minimum Gasteiger partial charge on any atom is -0.451 e. The highest BCUT2D eigenvalue weighted by Crippen LogP contribution is 2.21. The molecule has 1 aromatic rings. The van der Waals surface area contributed by atoms with Crippen molar-refractivity contribution in [2.75, 3.05) is 0 Å². The van der Waals surface area contributed by atoms with Crippen LogP contribution in [0.25, 0.3) is 0 Å². The first-order valence-corrected chi connectivity index (χ1v) is 9.36. The minimum absolute atomic E-state index is 0.175. The van der Waals surface area contributed by atoms with Gasteiger partial charge in [0.2, 0.25) is 0 Å². The van der Waals surface area contributed by atoms with Gasteiger partial charge in [0.1, 0.15) is 6.04 Å². The summed E-state index contributed by atoms with van der Waals surface area (Å²) in [5.41, 5.74) is -0.257. The zero-order chi connectivity index (χ0) is 20.9. The molecule has 6 nitrogen and oxygen atoms in total. The smallest absolute Gasteiger partial charge is 0.329 e. The van der Waals surface area contributed by atoms with E-state index in [2.05, 4.69) is 10.6 Å². The third-order valence-electron chi connectivity index (χ3n) is 3.54. The molecule has 0 radical (unpaired) electrons. The molecule has 0 aliphatic rings. The highest BCUT2D eigenvalue weighted by molar-refractivity contribution is 6.36. The van der Waals surface area contributed by atoms with Crippen molar-refractivity contribution in [3.63, 3.8) is 0 Å². The van der Waals surface area contributed by atoms with Crippen molar-refractivity contribution in [3.05, 3.63) is 33.8 Å². The third-order valence-corrected chi connectivity index (χ3v) is 4.09. The van der Waals surface area contributed by atoms with E-state index in [0.29, 0.717) is 5.02 Å². The summed E-state index contributed by atoms with van der Waals surface area (Å²) in [6, 6.07) is 3.51. The number of hydrogen-bond acceptors (Lipinski definition) is 4. The Morgan fingerprint density at radius 2 is 1.67 bits per heavy atom. The van der Waals surface area contributed by atoms with Crippen LogP contribution in [-0.4, -0.2) is 35.5 Å². The van der Waals surface area contributed by atoms with Crippen LogP contribution in [0.15, 0.2) is 18.2 Å². The fraction of sp³-hybridized carbons (Fsp3) is 0.526. The van der Waals surface area contributed by atoms with E-state index >= 15 is 0 Å². The van der Waals surface area contributed by atoms with Crippen molar-refractivity contribution in [3.8, 4) is 0 Å². The first-order valence-electron chi connectivity index (χ1n) is 8.60. The molecule has 0 spiro atoms. The van der Waals surface area contributed by atoms with Gasteiger partial charge in [-0.3, -0.25) is 9.59 Å². The van der Waals surface area contributed by atoms with Gasteiger partial charge in [0.25, 0.3) is 11.8 Å². The Labute approximate surface area is 169 Å². The van der Waals surface area contributed by atoms with Crippen LogP contribution in [0, 0.1) is 5.92 Å². The summed E-state index contributed by atoms with van der Waals surface area (Å²) >= 11 is 11.9. The lowest BCUT2D eigenvalue weighted by atomic mass is 10.0. The van der Waals surface area contributed by atoms with E-state index in [9.17, 15) is 14.4 Å². The SMILES string of the molecule is CC(C)[C@H](NC(=O)c1ccc(Cl)cc1Cl)C(=O)O[C@H](C)C(=O)NC(C)(C)C. The van der Waals surface area contributed by atoms with Gasteiger partial charge in [-0.1, -0.05) is 37.0 Å². The van der Waals surface area contributed by atoms with Crippen LogP contribution in [0.5, 0.6) is 0 Å². The van der Waals surface area contributed by atoms with Gasteiger partial charge in [-0.2, -0.15) is 0 Å². The van der Waals surface area contributed by atoms with E-state index < -0.39 is 35.5 Å². The number of amides is 2. The average molecular weight is 417 g/mol. The molecule has 0 aromatic heterocycles. The molecule has 1 aromatic carbocycles. The molecule has 8 heteroatoms. The largest absolute Gasteiger partial charge is 0.451 e. The number of esters is 1. The van der Waals surface area contributed by atoms with E-state index in [0.717, 1.165) is 0 Å². The average Bonchev–Trinajstić information content (AvgIpc) is 2.50. The Kier molecular flexibility index (Phi) is 8.11. The van der Waals surface area contributed by atoms with Gasteiger partial charge in [0.05, 0.1) is 10.6 Å². The predicted molar refractivity (Wildman–Crippen MR) is 106 cm³/mol. The summed E-state index contributed by atoms with van der Waals surface area (Å²) in [6.45, 7) is 10.5. The number of halogens is 2. The molecule has 2 amide bonds. The summed E-state index contributed by atoms with van der Waals surface area (Å²) < 4.78 is 5.25. The maximum Gasteiger partial charge on any atom is 0.329 e. The van der Waals surface area contributed by atoms with Crippen molar-refractivity contribution in [2.24, 2.45) is 5.92 Å². The van der Waals surface area contributed by atoms with Crippen molar-refractivity contribution < 1.29 is 19.1 Å². The molecule has 0 saturated carbocycles. The van der Waals surface area contributed by atoms with Crippen LogP contribution >= 0.6 is 23.2 Å². The lowest BCUT2D eigenvalue weighted by molar-refractivity contribution is -0.158. The summed E-state index contributed by atoms with van der Waals surface area (Å²) in [5.74, 6) is -1.89. The van der Waals surface area contributed by atoms with Crippen LogP contribution in [0.1, 0.15) is 51.9 Å². The molecule has 0 fully saturated rings. The molecule has 0 bridgehead atoms. The molecular formula is C19H26Cl2N2O4. The predicted octanol–water partition coefficient (Wildman–Crippen LogP) is 3.59. The summed E-state index contributed by atoms with van der Waals surface area (Å²) in [4.78, 5) is 37.1. The van der Waals surface area contributed by atoms with Crippen molar-refractivity contribution >= 4 is 41.0 Å². The van der Waals surface area contributed by atoms with E-state index in [-0.39, 0.29) is 16.5 Å². The Bertz CT molecular complexity index is 714. The lowest BCUT2D eigenvalue weighted by Crippen LogP contribution is -2.50. The Hall–Kier alpha value is -1.79.